The summed E-state index contributed by atoms with van der Waals surface area (Å²) < 4.78 is 5.54. The number of benzene rings is 1. The van der Waals surface area contributed by atoms with Gasteiger partial charge in [-0.25, -0.2) is 0 Å². The summed E-state index contributed by atoms with van der Waals surface area (Å²) >= 11 is 0. The van der Waals surface area contributed by atoms with Gasteiger partial charge >= 0.3 is 0 Å². The number of furan rings is 1. The van der Waals surface area contributed by atoms with Crippen molar-refractivity contribution >= 4 is 5.69 Å². The van der Waals surface area contributed by atoms with E-state index in [1.807, 2.05) is 19.1 Å². The highest BCUT2D eigenvalue weighted by Crippen LogP contribution is 2.23. The summed E-state index contributed by atoms with van der Waals surface area (Å²) in [6, 6.07) is 12.5. The van der Waals surface area contributed by atoms with E-state index >= 15 is 0 Å². The molecule has 3 rings (SSSR count). The quantitative estimate of drug-likeness (QED) is 0.851. The molecular weight excluding hydrogens is 300 g/mol. The zero-order valence-electron chi connectivity index (χ0n) is 14.7. The molecule has 2 N–H and O–H groups in total. The molecule has 0 aliphatic carbocycles. The summed E-state index contributed by atoms with van der Waals surface area (Å²) in [7, 11) is 0. The number of nitrogens with zero attached hydrogens (tertiary/aromatic N) is 1. The Hall–Kier alpha value is -1.78. The number of aryl methyl sites for hydroxylation is 1. The Bertz CT molecular complexity index is 640. The standard InChI is InChI=1S/C20H28N2O2/c1-16-6-11-19(24-16)20(2,23)15-21-14-17-7-9-18(10-8-17)22-12-4-3-5-13-22/h6-11,21,23H,3-5,12-15H2,1-2H3. The van der Waals surface area contributed by atoms with E-state index in [0.29, 0.717) is 12.3 Å². The highest BCUT2D eigenvalue weighted by Gasteiger charge is 2.26. The second kappa shape index (κ2) is 7.41. The first-order chi connectivity index (χ1) is 11.5. The molecule has 4 nitrogen and oxygen atoms in total. The van der Waals surface area contributed by atoms with Crippen molar-refractivity contribution in [1.29, 1.82) is 0 Å². The van der Waals surface area contributed by atoms with Crippen LogP contribution >= 0.6 is 0 Å². The van der Waals surface area contributed by atoms with Crippen LogP contribution in [0.3, 0.4) is 0 Å². The number of aliphatic hydroxyl groups is 1. The predicted octanol–water partition coefficient (Wildman–Crippen LogP) is 3.58. The molecule has 1 atom stereocenters. The zero-order chi connectivity index (χ0) is 17.0. The van der Waals surface area contributed by atoms with E-state index < -0.39 is 5.60 Å². The maximum Gasteiger partial charge on any atom is 0.136 e. The van der Waals surface area contributed by atoms with Crippen molar-refractivity contribution in [2.45, 2.75) is 45.3 Å². The molecule has 0 saturated carbocycles. The van der Waals surface area contributed by atoms with E-state index in [4.69, 9.17) is 4.42 Å². The monoisotopic (exact) mass is 328 g/mol. The average molecular weight is 328 g/mol. The minimum Gasteiger partial charge on any atom is -0.463 e. The molecule has 2 aromatic rings. The largest absolute Gasteiger partial charge is 0.463 e. The lowest BCUT2D eigenvalue weighted by atomic mass is 10.0. The van der Waals surface area contributed by atoms with E-state index in [9.17, 15) is 5.11 Å². The number of hydrogen-bond donors (Lipinski definition) is 2. The van der Waals surface area contributed by atoms with Crippen LogP contribution in [0.25, 0.3) is 0 Å². The zero-order valence-corrected chi connectivity index (χ0v) is 14.7. The van der Waals surface area contributed by atoms with Gasteiger partial charge in [-0.05, 0) is 62.9 Å². The first-order valence-corrected chi connectivity index (χ1v) is 8.88. The first kappa shape index (κ1) is 17.1. The maximum absolute atomic E-state index is 10.5. The fraction of sp³-hybridized carbons (Fsp3) is 0.500. The predicted molar refractivity (Wildman–Crippen MR) is 97.2 cm³/mol. The highest BCUT2D eigenvalue weighted by atomic mass is 16.4. The molecule has 1 saturated heterocycles. The van der Waals surface area contributed by atoms with Crippen LogP contribution in [0.5, 0.6) is 0 Å². The van der Waals surface area contributed by atoms with E-state index in [1.165, 1.54) is 43.6 Å². The molecule has 0 radical (unpaired) electrons. The molecule has 1 unspecified atom stereocenters. The molecule has 0 bridgehead atoms. The molecule has 2 heterocycles. The van der Waals surface area contributed by atoms with Gasteiger partial charge in [-0.2, -0.15) is 0 Å². The van der Waals surface area contributed by atoms with Crippen molar-refractivity contribution < 1.29 is 9.52 Å². The van der Waals surface area contributed by atoms with Gasteiger partial charge in [0.15, 0.2) is 0 Å². The molecule has 0 amide bonds. The van der Waals surface area contributed by atoms with Crippen LogP contribution in [0.4, 0.5) is 5.69 Å². The Labute approximate surface area is 144 Å². The van der Waals surface area contributed by atoms with Crippen molar-refractivity contribution in [2.24, 2.45) is 0 Å². The third kappa shape index (κ3) is 4.19. The van der Waals surface area contributed by atoms with Gasteiger partial charge in [-0.3, -0.25) is 0 Å². The fourth-order valence-electron chi connectivity index (χ4n) is 3.24. The first-order valence-electron chi connectivity index (χ1n) is 8.88. The Morgan fingerprint density at radius 1 is 1.08 bits per heavy atom. The number of nitrogens with one attached hydrogen (secondary N) is 1. The second-order valence-corrected chi connectivity index (χ2v) is 7.00. The number of piperidine rings is 1. The van der Waals surface area contributed by atoms with E-state index in [2.05, 4.69) is 34.5 Å². The fourth-order valence-corrected chi connectivity index (χ4v) is 3.24. The molecule has 0 spiro atoms. The maximum atomic E-state index is 10.5. The lowest BCUT2D eigenvalue weighted by Crippen LogP contribution is -2.34. The van der Waals surface area contributed by atoms with Gasteiger partial charge in [0.25, 0.3) is 0 Å². The van der Waals surface area contributed by atoms with Gasteiger partial charge in [0.2, 0.25) is 0 Å². The van der Waals surface area contributed by atoms with Gasteiger partial charge in [0, 0.05) is 31.9 Å². The average Bonchev–Trinajstić information content (AvgIpc) is 3.04. The van der Waals surface area contributed by atoms with E-state index in [1.54, 1.807) is 6.92 Å². The van der Waals surface area contributed by atoms with Crippen LogP contribution in [0.15, 0.2) is 40.8 Å². The number of rotatable bonds is 6. The van der Waals surface area contributed by atoms with E-state index in [0.717, 1.165) is 12.3 Å². The van der Waals surface area contributed by atoms with Crippen molar-refractivity contribution in [3.05, 3.63) is 53.5 Å². The van der Waals surface area contributed by atoms with Gasteiger partial charge in [-0.1, -0.05) is 12.1 Å². The van der Waals surface area contributed by atoms with Gasteiger partial charge in [0.05, 0.1) is 0 Å². The summed E-state index contributed by atoms with van der Waals surface area (Å²) in [4.78, 5) is 2.46. The third-order valence-electron chi connectivity index (χ3n) is 4.73. The molecule has 1 aliphatic rings. The molecule has 1 aromatic heterocycles. The van der Waals surface area contributed by atoms with Crippen molar-refractivity contribution in [1.82, 2.24) is 5.32 Å². The molecule has 4 heteroatoms. The normalized spacial score (nSPS) is 17.7. The molecular formula is C20H28N2O2. The molecule has 1 aromatic carbocycles. The Kier molecular flexibility index (Phi) is 5.27. The van der Waals surface area contributed by atoms with Crippen LogP contribution < -0.4 is 10.2 Å². The Balaban J connectivity index is 1.51. The lowest BCUT2D eigenvalue weighted by Gasteiger charge is -2.29. The van der Waals surface area contributed by atoms with Crippen molar-refractivity contribution in [3.8, 4) is 0 Å². The lowest BCUT2D eigenvalue weighted by molar-refractivity contribution is 0.0333. The number of anilines is 1. The summed E-state index contributed by atoms with van der Waals surface area (Å²) in [6.45, 7) is 7.19. The van der Waals surface area contributed by atoms with Crippen LogP contribution in [0.2, 0.25) is 0 Å². The smallest absolute Gasteiger partial charge is 0.136 e. The summed E-state index contributed by atoms with van der Waals surface area (Å²) in [5.74, 6) is 1.42. The minimum absolute atomic E-state index is 0.452. The van der Waals surface area contributed by atoms with E-state index in [-0.39, 0.29) is 0 Å². The van der Waals surface area contributed by atoms with Gasteiger partial charge in [-0.15, -0.1) is 0 Å². The Morgan fingerprint density at radius 2 is 1.79 bits per heavy atom. The summed E-state index contributed by atoms with van der Waals surface area (Å²) in [5.41, 5.74) is 1.54. The molecule has 1 fully saturated rings. The molecule has 1 aliphatic heterocycles. The van der Waals surface area contributed by atoms with Crippen molar-refractivity contribution in [2.75, 3.05) is 24.5 Å². The van der Waals surface area contributed by atoms with Crippen LogP contribution in [0.1, 0.15) is 43.3 Å². The summed E-state index contributed by atoms with van der Waals surface area (Å²) in [5, 5.41) is 13.9. The molecule has 24 heavy (non-hydrogen) atoms. The third-order valence-corrected chi connectivity index (χ3v) is 4.73. The van der Waals surface area contributed by atoms with Crippen LogP contribution in [-0.2, 0) is 12.1 Å². The van der Waals surface area contributed by atoms with Gasteiger partial charge in [0.1, 0.15) is 17.1 Å². The van der Waals surface area contributed by atoms with Crippen LogP contribution in [0, 0.1) is 6.92 Å². The topological polar surface area (TPSA) is 48.6 Å². The van der Waals surface area contributed by atoms with Gasteiger partial charge < -0.3 is 19.7 Å². The minimum atomic E-state index is -0.998. The molecule has 130 valence electrons. The van der Waals surface area contributed by atoms with Crippen LogP contribution in [-0.4, -0.2) is 24.7 Å². The Morgan fingerprint density at radius 3 is 2.42 bits per heavy atom. The summed E-state index contributed by atoms with van der Waals surface area (Å²) in [6.07, 6.45) is 3.95. The highest BCUT2D eigenvalue weighted by molar-refractivity contribution is 5.47. The SMILES string of the molecule is Cc1ccc(C(C)(O)CNCc2ccc(N3CCCCC3)cc2)o1. The van der Waals surface area contributed by atoms with Crippen molar-refractivity contribution in [3.63, 3.8) is 0 Å². The second-order valence-electron chi connectivity index (χ2n) is 7.00. The number of hydrogen-bond acceptors (Lipinski definition) is 4.